The van der Waals surface area contributed by atoms with Crippen LogP contribution in [0.15, 0.2) is 12.1 Å². The van der Waals surface area contributed by atoms with E-state index in [4.69, 9.17) is 21.7 Å². The summed E-state index contributed by atoms with van der Waals surface area (Å²) in [5.41, 5.74) is 1.81. The quantitative estimate of drug-likeness (QED) is 0.854. The van der Waals surface area contributed by atoms with Crippen molar-refractivity contribution in [3.05, 3.63) is 16.9 Å². The van der Waals surface area contributed by atoms with Crippen molar-refractivity contribution >= 4 is 23.4 Å². The molecule has 3 heterocycles. The molecule has 2 aromatic heterocycles. The minimum Gasteiger partial charge on any atom is -0.481 e. The number of ether oxygens (including phenoxy) is 2. The first kappa shape index (κ1) is 14.5. The number of pyridine rings is 1. The molecule has 0 radical (unpaired) electrons. The van der Waals surface area contributed by atoms with Gasteiger partial charge in [-0.15, -0.1) is 0 Å². The summed E-state index contributed by atoms with van der Waals surface area (Å²) in [4.78, 5) is 10.1. The molecule has 114 valence electrons. The lowest BCUT2D eigenvalue weighted by molar-refractivity contribution is 0.0369. The molecule has 1 fully saturated rings. The molecule has 21 heavy (non-hydrogen) atoms. The third-order valence-corrected chi connectivity index (χ3v) is 4.08. The number of nitrogens with zero attached hydrogens (tertiary/aromatic N) is 3. The van der Waals surface area contributed by atoms with Gasteiger partial charge in [-0.2, -0.15) is 4.98 Å². The fourth-order valence-corrected chi connectivity index (χ4v) is 2.90. The van der Waals surface area contributed by atoms with Gasteiger partial charge >= 0.3 is 0 Å². The maximum atomic E-state index is 5.40. The summed E-state index contributed by atoms with van der Waals surface area (Å²) >= 11 is 5.40. The Labute approximate surface area is 128 Å². The summed E-state index contributed by atoms with van der Waals surface area (Å²) in [5, 5.41) is 0. The lowest BCUT2D eigenvalue weighted by atomic mass is 10.3. The van der Waals surface area contributed by atoms with Crippen LogP contribution in [0.2, 0.25) is 0 Å². The highest BCUT2D eigenvalue weighted by Gasteiger charge is 2.11. The lowest BCUT2D eigenvalue weighted by Crippen LogP contribution is -2.37. The monoisotopic (exact) mass is 308 g/mol. The van der Waals surface area contributed by atoms with Crippen LogP contribution in [0.4, 0.5) is 0 Å². The maximum Gasteiger partial charge on any atom is 0.215 e. The van der Waals surface area contributed by atoms with Gasteiger partial charge in [-0.3, -0.25) is 4.90 Å². The van der Waals surface area contributed by atoms with Gasteiger partial charge in [-0.1, -0.05) is 0 Å². The zero-order valence-corrected chi connectivity index (χ0v) is 13.0. The van der Waals surface area contributed by atoms with Crippen LogP contribution in [0.25, 0.3) is 11.2 Å². The molecule has 0 saturated carbocycles. The Hall–Kier alpha value is -1.44. The Balaban J connectivity index is 1.70. The molecule has 0 spiro atoms. The van der Waals surface area contributed by atoms with Crippen molar-refractivity contribution in [3.8, 4) is 5.88 Å². The molecule has 2 aromatic rings. The molecule has 1 N–H and O–H groups in total. The zero-order valence-electron chi connectivity index (χ0n) is 12.2. The fourth-order valence-electron chi connectivity index (χ4n) is 2.61. The van der Waals surface area contributed by atoms with Crippen molar-refractivity contribution in [2.45, 2.75) is 13.0 Å². The summed E-state index contributed by atoms with van der Waals surface area (Å²) in [5.74, 6) is 0.610. The number of methoxy groups -OCH3 is 1. The molecule has 1 saturated heterocycles. The SMILES string of the molecule is COc1ccc2[nH]c(=S)n(CCCN3CCOCC3)c2n1. The second-order valence-electron chi connectivity index (χ2n) is 5.11. The predicted molar refractivity (Wildman–Crippen MR) is 83.3 cm³/mol. The topological polar surface area (TPSA) is 55.3 Å². The van der Waals surface area contributed by atoms with E-state index in [1.807, 2.05) is 16.7 Å². The fraction of sp³-hybridized carbons (Fsp3) is 0.571. The minimum absolute atomic E-state index is 0.610. The first-order valence-electron chi connectivity index (χ1n) is 7.21. The first-order valence-corrected chi connectivity index (χ1v) is 7.62. The van der Waals surface area contributed by atoms with Crippen LogP contribution in [-0.4, -0.2) is 59.4 Å². The van der Waals surface area contributed by atoms with Gasteiger partial charge in [0.2, 0.25) is 5.88 Å². The normalized spacial score (nSPS) is 16.4. The van der Waals surface area contributed by atoms with Crippen LogP contribution in [0.5, 0.6) is 5.88 Å². The van der Waals surface area contributed by atoms with E-state index in [1.54, 1.807) is 7.11 Å². The standard InChI is InChI=1S/C14H20N4O2S/c1-19-12-4-3-11-13(16-12)18(14(21)15-11)6-2-5-17-7-9-20-10-8-17/h3-4H,2,5-10H2,1H3,(H,15,21). The molecule has 1 aliphatic heterocycles. The van der Waals surface area contributed by atoms with E-state index in [2.05, 4.69) is 14.9 Å². The molecular weight excluding hydrogens is 288 g/mol. The summed E-state index contributed by atoms with van der Waals surface area (Å²) in [7, 11) is 1.62. The molecule has 7 heteroatoms. The molecule has 0 unspecified atom stereocenters. The third kappa shape index (κ3) is 3.25. The number of aryl methyl sites for hydroxylation is 1. The minimum atomic E-state index is 0.610. The Kier molecular flexibility index (Phi) is 4.52. The number of aromatic amines is 1. The van der Waals surface area contributed by atoms with E-state index < -0.39 is 0 Å². The summed E-state index contributed by atoms with van der Waals surface area (Å²) < 4.78 is 13.3. The van der Waals surface area contributed by atoms with Crippen molar-refractivity contribution < 1.29 is 9.47 Å². The number of nitrogens with one attached hydrogen (secondary N) is 1. The average Bonchev–Trinajstić information content (AvgIpc) is 2.83. The summed E-state index contributed by atoms with van der Waals surface area (Å²) in [6.07, 6.45) is 1.04. The van der Waals surface area contributed by atoms with E-state index in [9.17, 15) is 0 Å². The number of hydrogen-bond acceptors (Lipinski definition) is 5. The number of H-pyrrole nitrogens is 1. The number of fused-ring (bicyclic) bond motifs is 1. The molecular formula is C14H20N4O2S. The van der Waals surface area contributed by atoms with E-state index in [0.29, 0.717) is 10.7 Å². The number of imidazole rings is 1. The highest BCUT2D eigenvalue weighted by Crippen LogP contribution is 2.16. The summed E-state index contributed by atoms with van der Waals surface area (Å²) in [6.45, 7) is 5.63. The van der Waals surface area contributed by atoms with Crippen molar-refractivity contribution in [2.75, 3.05) is 40.0 Å². The van der Waals surface area contributed by atoms with Gasteiger partial charge in [-0.05, 0) is 24.7 Å². The van der Waals surface area contributed by atoms with Crippen molar-refractivity contribution in [3.63, 3.8) is 0 Å². The van der Waals surface area contributed by atoms with Crippen LogP contribution in [-0.2, 0) is 11.3 Å². The molecule has 1 aliphatic rings. The van der Waals surface area contributed by atoms with E-state index >= 15 is 0 Å². The smallest absolute Gasteiger partial charge is 0.215 e. The molecule has 3 rings (SSSR count). The highest BCUT2D eigenvalue weighted by atomic mass is 32.1. The Bertz CT molecular complexity index is 661. The molecule has 0 amide bonds. The number of rotatable bonds is 5. The van der Waals surface area contributed by atoms with Gasteiger partial charge in [0, 0.05) is 32.2 Å². The summed E-state index contributed by atoms with van der Waals surface area (Å²) in [6, 6.07) is 3.79. The lowest BCUT2D eigenvalue weighted by Gasteiger charge is -2.26. The molecule has 0 atom stereocenters. The first-order chi connectivity index (χ1) is 10.3. The van der Waals surface area contributed by atoms with E-state index in [-0.39, 0.29) is 0 Å². The van der Waals surface area contributed by atoms with Gasteiger partial charge in [-0.25, -0.2) is 0 Å². The number of morpholine rings is 1. The van der Waals surface area contributed by atoms with Gasteiger partial charge in [0.15, 0.2) is 10.4 Å². The third-order valence-electron chi connectivity index (χ3n) is 3.76. The van der Waals surface area contributed by atoms with Crippen molar-refractivity contribution in [1.29, 1.82) is 0 Å². The number of hydrogen-bond donors (Lipinski definition) is 1. The van der Waals surface area contributed by atoms with Crippen LogP contribution in [0, 0.1) is 4.77 Å². The zero-order chi connectivity index (χ0) is 14.7. The average molecular weight is 308 g/mol. The van der Waals surface area contributed by atoms with E-state index in [0.717, 1.165) is 57.0 Å². The second kappa shape index (κ2) is 6.55. The van der Waals surface area contributed by atoms with Crippen LogP contribution >= 0.6 is 12.2 Å². The van der Waals surface area contributed by atoms with Gasteiger partial charge in [0.1, 0.15) is 0 Å². The molecule has 0 aliphatic carbocycles. The molecule has 0 aromatic carbocycles. The van der Waals surface area contributed by atoms with Gasteiger partial charge in [0.25, 0.3) is 0 Å². The second-order valence-corrected chi connectivity index (χ2v) is 5.50. The van der Waals surface area contributed by atoms with Gasteiger partial charge in [0.05, 0.1) is 25.8 Å². The maximum absolute atomic E-state index is 5.40. The predicted octanol–water partition coefficient (Wildman–Crippen LogP) is 1.82. The van der Waals surface area contributed by atoms with Gasteiger partial charge < -0.3 is 19.0 Å². The van der Waals surface area contributed by atoms with Crippen LogP contribution < -0.4 is 4.74 Å². The largest absolute Gasteiger partial charge is 0.481 e. The van der Waals surface area contributed by atoms with Crippen molar-refractivity contribution in [2.24, 2.45) is 0 Å². The highest BCUT2D eigenvalue weighted by molar-refractivity contribution is 7.71. The van der Waals surface area contributed by atoms with E-state index in [1.165, 1.54) is 0 Å². The van der Waals surface area contributed by atoms with Crippen molar-refractivity contribution in [1.82, 2.24) is 19.4 Å². The molecule has 0 bridgehead atoms. The van der Waals surface area contributed by atoms with Crippen LogP contribution in [0.3, 0.4) is 0 Å². The van der Waals surface area contributed by atoms with Crippen LogP contribution in [0.1, 0.15) is 6.42 Å². The number of aromatic nitrogens is 3. The Morgan fingerprint density at radius 1 is 1.33 bits per heavy atom. The Morgan fingerprint density at radius 2 is 2.14 bits per heavy atom. The molecule has 6 nitrogen and oxygen atoms in total. The Morgan fingerprint density at radius 3 is 2.90 bits per heavy atom.